The third-order valence-electron chi connectivity index (χ3n) is 3.25. The van der Waals surface area contributed by atoms with Crippen LogP contribution in [0, 0.1) is 23.6 Å². The molecular weight excluding hydrogens is 281 g/mol. The highest BCUT2D eigenvalue weighted by Gasteiger charge is 2.30. The minimum Gasteiger partial charge on any atom is -0.384 e. The maximum atomic E-state index is 13.7. The van der Waals surface area contributed by atoms with Gasteiger partial charge in [0.05, 0.1) is 10.5 Å². The van der Waals surface area contributed by atoms with Crippen molar-refractivity contribution in [1.29, 1.82) is 0 Å². The Morgan fingerprint density at radius 2 is 2.15 bits per heavy atom. The van der Waals surface area contributed by atoms with Gasteiger partial charge < -0.3 is 5.11 Å². The van der Waals surface area contributed by atoms with Crippen molar-refractivity contribution in [1.82, 2.24) is 4.72 Å². The summed E-state index contributed by atoms with van der Waals surface area (Å²) in [4.78, 5) is -0.107. The van der Waals surface area contributed by atoms with E-state index < -0.39 is 15.8 Å². The molecule has 0 unspecified atom stereocenters. The first kappa shape index (κ1) is 15.0. The van der Waals surface area contributed by atoms with E-state index in [2.05, 4.69) is 23.5 Å². The number of benzene rings is 1. The van der Waals surface area contributed by atoms with Gasteiger partial charge in [-0.15, -0.1) is 0 Å². The summed E-state index contributed by atoms with van der Waals surface area (Å²) in [5.74, 6) is 4.55. The zero-order valence-corrected chi connectivity index (χ0v) is 11.9. The van der Waals surface area contributed by atoms with Gasteiger partial charge in [0.1, 0.15) is 12.4 Å². The molecule has 1 aliphatic carbocycles. The quantitative estimate of drug-likeness (QED) is 0.825. The Balaban J connectivity index is 2.18. The Kier molecular flexibility index (Phi) is 4.43. The average Bonchev–Trinajstić information content (AvgIpc) is 2.35. The first-order valence-corrected chi connectivity index (χ1v) is 7.82. The number of sulfonamides is 1. The Hall–Kier alpha value is -1.42. The molecular formula is C14H16FNO3S. The van der Waals surface area contributed by atoms with E-state index in [1.807, 2.05) is 0 Å². The summed E-state index contributed by atoms with van der Waals surface area (Å²) in [6.07, 6.45) is 1.61. The van der Waals surface area contributed by atoms with Crippen LogP contribution >= 0.6 is 0 Å². The van der Waals surface area contributed by atoms with Crippen LogP contribution in [0.4, 0.5) is 4.39 Å². The topological polar surface area (TPSA) is 66.4 Å². The van der Waals surface area contributed by atoms with E-state index in [1.165, 1.54) is 12.1 Å². The summed E-state index contributed by atoms with van der Waals surface area (Å²) in [5, 5.41) is 8.55. The van der Waals surface area contributed by atoms with Crippen molar-refractivity contribution in [2.45, 2.75) is 30.7 Å². The smallest absolute Gasteiger partial charge is 0.240 e. The number of rotatable bonds is 3. The van der Waals surface area contributed by atoms with Crippen molar-refractivity contribution < 1.29 is 17.9 Å². The lowest BCUT2D eigenvalue weighted by molar-refractivity contribution is 0.270. The number of aliphatic hydroxyl groups is 1. The van der Waals surface area contributed by atoms with E-state index in [1.54, 1.807) is 0 Å². The molecule has 0 aliphatic heterocycles. The van der Waals surface area contributed by atoms with Crippen LogP contribution in [0.15, 0.2) is 23.1 Å². The number of hydrogen-bond donors (Lipinski definition) is 2. The third-order valence-corrected chi connectivity index (χ3v) is 4.77. The zero-order chi connectivity index (χ0) is 14.8. The molecule has 0 amide bonds. The minimum atomic E-state index is -3.69. The van der Waals surface area contributed by atoms with Gasteiger partial charge in [0.15, 0.2) is 0 Å². The highest BCUT2D eigenvalue weighted by atomic mass is 32.2. The first-order valence-electron chi connectivity index (χ1n) is 6.34. The molecule has 1 aliphatic rings. The van der Waals surface area contributed by atoms with Gasteiger partial charge in [-0.3, -0.25) is 0 Å². The predicted octanol–water partition coefficient (Wildman–Crippen LogP) is 1.25. The summed E-state index contributed by atoms with van der Waals surface area (Å²) in [6.45, 7) is 1.68. The second-order valence-electron chi connectivity index (χ2n) is 5.00. The van der Waals surface area contributed by atoms with Crippen LogP contribution in [0.2, 0.25) is 0 Å². The largest absolute Gasteiger partial charge is 0.384 e. The van der Waals surface area contributed by atoms with Crippen molar-refractivity contribution in [3.63, 3.8) is 0 Å². The molecule has 1 aromatic rings. The fraction of sp³-hybridized carbons (Fsp3) is 0.429. The van der Waals surface area contributed by atoms with E-state index in [0.29, 0.717) is 5.92 Å². The Labute approximate surface area is 118 Å². The van der Waals surface area contributed by atoms with Gasteiger partial charge >= 0.3 is 0 Å². The van der Waals surface area contributed by atoms with Gasteiger partial charge in [-0.1, -0.05) is 18.8 Å². The van der Waals surface area contributed by atoms with Gasteiger partial charge in [0.25, 0.3) is 0 Å². The first-order chi connectivity index (χ1) is 9.42. The van der Waals surface area contributed by atoms with Crippen LogP contribution in [-0.2, 0) is 10.0 Å². The molecule has 6 heteroatoms. The summed E-state index contributed by atoms with van der Waals surface area (Å²) >= 11 is 0. The van der Waals surface area contributed by atoms with Gasteiger partial charge in [-0.25, -0.2) is 17.5 Å². The van der Waals surface area contributed by atoms with E-state index in [0.717, 1.165) is 18.9 Å². The molecule has 1 aromatic carbocycles. The lowest BCUT2D eigenvalue weighted by Gasteiger charge is -2.32. The van der Waals surface area contributed by atoms with Crippen LogP contribution < -0.4 is 4.72 Å². The number of hydrogen-bond acceptors (Lipinski definition) is 3. The molecule has 0 radical (unpaired) electrons. The molecule has 4 nitrogen and oxygen atoms in total. The molecule has 0 spiro atoms. The van der Waals surface area contributed by atoms with E-state index in [9.17, 15) is 12.8 Å². The van der Waals surface area contributed by atoms with Crippen molar-refractivity contribution in [3.8, 4) is 11.8 Å². The Morgan fingerprint density at radius 1 is 1.45 bits per heavy atom. The zero-order valence-electron chi connectivity index (χ0n) is 11.1. The second-order valence-corrected chi connectivity index (χ2v) is 6.71. The third kappa shape index (κ3) is 3.37. The second kappa shape index (κ2) is 5.92. The van der Waals surface area contributed by atoms with Crippen LogP contribution in [-0.4, -0.2) is 26.2 Å². The minimum absolute atomic E-state index is 0.0630. The number of aliphatic hydroxyl groups excluding tert-OH is 1. The fourth-order valence-corrected chi connectivity index (χ4v) is 3.46. The maximum absolute atomic E-state index is 13.7. The molecule has 0 bridgehead atoms. The van der Waals surface area contributed by atoms with Gasteiger partial charge in [0, 0.05) is 6.04 Å². The normalized spacial score (nSPS) is 21.8. The number of nitrogens with one attached hydrogen (secondary N) is 1. The van der Waals surface area contributed by atoms with Crippen LogP contribution in [0.3, 0.4) is 0 Å². The Morgan fingerprint density at radius 3 is 2.70 bits per heavy atom. The fourth-order valence-electron chi connectivity index (χ4n) is 2.19. The molecule has 0 heterocycles. The van der Waals surface area contributed by atoms with Gasteiger partial charge in [-0.05, 0) is 37.0 Å². The van der Waals surface area contributed by atoms with E-state index in [-0.39, 0.29) is 23.1 Å². The van der Waals surface area contributed by atoms with E-state index in [4.69, 9.17) is 5.11 Å². The van der Waals surface area contributed by atoms with Crippen LogP contribution in [0.1, 0.15) is 25.3 Å². The van der Waals surface area contributed by atoms with E-state index >= 15 is 0 Å². The Bertz CT molecular complexity index is 655. The van der Waals surface area contributed by atoms with Crippen molar-refractivity contribution in [2.24, 2.45) is 5.92 Å². The summed E-state index contributed by atoms with van der Waals surface area (Å²) in [7, 11) is -3.69. The highest BCUT2D eigenvalue weighted by molar-refractivity contribution is 7.89. The molecule has 0 atom stereocenters. The molecule has 0 saturated heterocycles. The molecule has 1 fully saturated rings. The standard InChI is InChI=1S/C14H16FNO3S/c1-10-7-12(8-10)16-20(18,19)13-5-4-11(3-2-6-17)14(15)9-13/h4-5,9-10,12,16-17H,6-8H2,1H3. The average molecular weight is 297 g/mol. The summed E-state index contributed by atoms with van der Waals surface area (Å²) < 4.78 is 40.4. The highest BCUT2D eigenvalue weighted by Crippen LogP contribution is 2.28. The summed E-state index contributed by atoms with van der Waals surface area (Å²) in [5.41, 5.74) is 0.0651. The molecule has 2 N–H and O–H groups in total. The van der Waals surface area contributed by atoms with Crippen LogP contribution in [0.25, 0.3) is 0 Å². The lowest BCUT2D eigenvalue weighted by atomic mass is 9.83. The predicted molar refractivity (Wildman–Crippen MR) is 72.9 cm³/mol. The molecule has 108 valence electrons. The van der Waals surface area contributed by atoms with Crippen molar-refractivity contribution >= 4 is 10.0 Å². The van der Waals surface area contributed by atoms with Crippen molar-refractivity contribution in [3.05, 3.63) is 29.6 Å². The van der Waals surface area contributed by atoms with Gasteiger partial charge in [0.2, 0.25) is 10.0 Å². The molecule has 0 aromatic heterocycles. The molecule has 20 heavy (non-hydrogen) atoms. The molecule has 1 saturated carbocycles. The SMILES string of the molecule is CC1CC(NS(=O)(=O)c2ccc(C#CCO)c(F)c2)C1. The maximum Gasteiger partial charge on any atom is 0.240 e. The molecule has 2 rings (SSSR count). The van der Waals surface area contributed by atoms with Gasteiger partial charge in [-0.2, -0.15) is 0 Å². The lowest BCUT2D eigenvalue weighted by Crippen LogP contribution is -2.43. The van der Waals surface area contributed by atoms with Crippen molar-refractivity contribution in [2.75, 3.05) is 6.61 Å². The monoisotopic (exact) mass is 297 g/mol. The summed E-state index contributed by atoms with van der Waals surface area (Å²) in [6, 6.07) is 3.50. The van der Waals surface area contributed by atoms with Crippen LogP contribution in [0.5, 0.6) is 0 Å². The number of halogens is 1.